The summed E-state index contributed by atoms with van der Waals surface area (Å²) in [5.41, 5.74) is 13.1. The van der Waals surface area contributed by atoms with Crippen LogP contribution >= 0.6 is 0 Å². The van der Waals surface area contributed by atoms with Gasteiger partial charge in [0.1, 0.15) is 0 Å². The molecule has 1 heterocycles. The number of nitrogens with two attached hydrogens (primary N) is 1. The van der Waals surface area contributed by atoms with E-state index < -0.39 is 0 Å². The molecule has 4 rings (SSSR count). The van der Waals surface area contributed by atoms with Gasteiger partial charge in [0.2, 0.25) is 0 Å². The fourth-order valence-electron chi connectivity index (χ4n) is 3.50. The van der Waals surface area contributed by atoms with Crippen molar-refractivity contribution in [2.45, 2.75) is 25.4 Å². The van der Waals surface area contributed by atoms with Gasteiger partial charge >= 0.3 is 0 Å². The fourth-order valence-corrected chi connectivity index (χ4v) is 3.50. The zero-order chi connectivity index (χ0) is 13.7. The Kier molecular flexibility index (Phi) is 2.69. The highest BCUT2D eigenvalue weighted by Crippen LogP contribution is 2.38. The van der Waals surface area contributed by atoms with E-state index >= 15 is 0 Å². The van der Waals surface area contributed by atoms with Crippen molar-refractivity contribution in [3.63, 3.8) is 0 Å². The second kappa shape index (κ2) is 4.44. The first-order valence-electron chi connectivity index (χ1n) is 7.43. The van der Waals surface area contributed by atoms with Crippen LogP contribution in [0.25, 0.3) is 11.1 Å². The van der Waals surface area contributed by atoms with E-state index in [1.54, 1.807) is 0 Å². The number of likely N-dealkylation sites (tertiary alicyclic amines) is 1. The second-order valence-corrected chi connectivity index (χ2v) is 6.14. The van der Waals surface area contributed by atoms with Crippen molar-refractivity contribution in [2.24, 2.45) is 5.73 Å². The van der Waals surface area contributed by atoms with Crippen molar-refractivity contribution in [2.75, 3.05) is 13.1 Å². The molecule has 2 aromatic rings. The maximum Gasteiger partial charge on any atom is 0.0321 e. The van der Waals surface area contributed by atoms with Crippen LogP contribution < -0.4 is 5.73 Å². The minimum absolute atomic E-state index is 0.371. The Morgan fingerprint density at radius 2 is 1.80 bits per heavy atom. The van der Waals surface area contributed by atoms with Crippen LogP contribution in [-0.2, 0) is 6.42 Å². The fraction of sp³-hybridized carbons (Fsp3) is 0.333. The molecule has 2 aliphatic rings. The summed E-state index contributed by atoms with van der Waals surface area (Å²) >= 11 is 0. The van der Waals surface area contributed by atoms with Crippen molar-refractivity contribution in [1.29, 1.82) is 0 Å². The summed E-state index contributed by atoms with van der Waals surface area (Å²) in [7, 11) is 0. The van der Waals surface area contributed by atoms with Gasteiger partial charge < -0.3 is 5.73 Å². The summed E-state index contributed by atoms with van der Waals surface area (Å²) in [4.78, 5) is 2.45. The third-order valence-corrected chi connectivity index (χ3v) is 4.79. The monoisotopic (exact) mass is 264 g/mol. The van der Waals surface area contributed by atoms with Gasteiger partial charge in [0, 0.05) is 25.2 Å². The van der Waals surface area contributed by atoms with E-state index in [9.17, 15) is 0 Å². The molecule has 1 unspecified atom stereocenters. The lowest BCUT2D eigenvalue weighted by Gasteiger charge is -2.41. The van der Waals surface area contributed by atoms with Crippen LogP contribution in [0.2, 0.25) is 0 Å². The average molecular weight is 264 g/mol. The van der Waals surface area contributed by atoms with Crippen LogP contribution in [-0.4, -0.2) is 24.0 Å². The molecule has 1 aliphatic carbocycles. The lowest BCUT2D eigenvalue weighted by molar-refractivity contribution is 0.103. The number of nitrogens with zero attached hydrogens (tertiary/aromatic N) is 1. The van der Waals surface area contributed by atoms with Crippen LogP contribution in [0.3, 0.4) is 0 Å². The minimum Gasteiger partial charge on any atom is -0.325 e. The number of benzene rings is 2. The lowest BCUT2D eigenvalue weighted by atomic mass is 9.97. The maximum atomic E-state index is 5.89. The average Bonchev–Trinajstić information content (AvgIpc) is 2.80. The van der Waals surface area contributed by atoms with E-state index in [1.807, 2.05) is 0 Å². The Balaban J connectivity index is 1.65. The molecule has 102 valence electrons. The predicted octanol–water partition coefficient (Wildman–Crippen LogP) is 2.96. The number of rotatable bonds is 2. The van der Waals surface area contributed by atoms with Gasteiger partial charge in [0.25, 0.3) is 0 Å². The van der Waals surface area contributed by atoms with Gasteiger partial charge in [0.05, 0.1) is 0 Å². The Labute approximate surface area is 120 Å². The number of hydrogen-bond acceptors (Lipinski definition) is 2. The van der Waals surface area contributed by atoms with Gasteiger partial charge in [-0.1, -0.05) is 42.5 Å². The van der Waals surface area contributed by atoms with Crippen LogP contribution in [0.15, 0.2) is 42.5 Å². The maximum absolute atomic E-state index is 5.89. The summed E-state index contributed by atoms with van der Waals surface area (Å²) in [5.74, 6) is 0. The Bertz CT molecular complexity index is 656. The van der Waals surface area contributed by atoms with Crippen molar-refractivity contribution in [1.82, 2.24) is 4.90 Å². The quantitative estimate of drug-likeness (QED) is 0.771. The van der Waals surface area contributed by atoms with E-state index in [-0.39, 0.29) is 0 Å². The predicted molar refractivity (Wildman–Crippen MR) is 82.6 cm³/mol. The standard InChI is InChI=1S/C18H20N2/c1-12(20-10-16(19)11-20)13-6-7-18-15(8-13)9-14-4-2-3-5-17(14)18/h2-8,12,16H,9-11,19H2,1H3. The molecule has 0 bridgehead atoms. The Morgan fingerprint density at radius 3 is 2.60 bits per heavy atom. The zero-order valence-electron chi connectivity index (χ0n) is 11.8. The molecule has 0 saturated carbocycles. The summed E-state index contributed by atoms with van der Waals surface area (Å²) in [5, 5.41) is 0. The van der Waals surface area contributed by atoms with Gasteiger partial charge in [0.15, 0.2) is 0 Å². The molecule has 2 nitrogen and oxygen atoms in total. The minimum atomic E-state index is 0.371. The van der Waals surface area contributed by atoms with Gasteiger partial charge in [-0.25, -0.2) is 0 Å². The highest BCUT2D eigenvalue weighted by molar-refractivity contribution is 5.76. The van der Waals surface area contributed by atoms with Gasteiger partial charge in [-0.05, 0) is 41.2 Å². The molecule has 20 heavy (non-hydrogen) atoms. The molecular weight excluding hydrogens is 244 g/mol. The van der Waals surface area contributed by atoms with E-state index in [1.165, 1.54) is 27.8 Å². The smallest absolute Gasteiger partial charge is 0.0321 e. The van der Waals surface area contributed by atoms with Gasteiger partial charge in [-0.3, -0.25) is 4.90 Å². The van der Waals surface area contributed by atoms with Crippen molar-refractivity contribution < 1.29 is 0 Å². The molecule has 0 aromatic heterocycles. The summed E-state index contributed by atoms with van der Waals surface area (Å²) in [6.45, 7) is 4.34. The molecule has 0 spiro atoms. The SMILES string of the molecule is CC(c1ccc2c(c1)Cc1ccccc1-2)N1CC(N)C1. The number of fused-ring (bicyclic) bond motifs is 3. The molecule has 0 amide bonds. The van der Waals surface area contributed by atoms with E-state index in [0.717, 1.165) is 19.5 Å². The molecular formula is C18H20N2. The molecule has 2 N–H and O–H groups in total. The molecule has 2 heteroatoms. The van der Waals surface area contributed by atoms with Crippen molar-refractivity contribution in [3.05, 3.63) is 59.2 Å². The summed E-state index contributed by atoms with van der Waals surface area (Å²) < 4.78 is 0. The summed E-state index contributed by atoms with van der Waals surface area (Å²) in [6, 6.07) is 16.6. The molecule has 1 atom stereocenters. The second-order valence-electron chi connectivity index (χ2n) is 6.14. The van der Waals surface area contributed by atoms with Crippen LogP contribution in [0.1, 0.15) is 29.7 Å². The molecule has 1 saturated heterocycles. The first kappa shape index (κ1) is 12.1. The molecule has 2 aromatic carbocycles. The molecule has 1 fully saturated rings. The van der Waals surface area contributed by atoms with Crippen molar-refractivity contribution >= 4 is 0 Å². The topological polar surface area (TPSA) is 29.3 Å². The van der Waals surface area contributed by atoms with E-state index in [4.69, 9.17) is 5.73 Å². The normalized spacial score (nSPS) is 19.3. The van der Waals surface area contributed by atoms with Gasteiger partial charge in [-0.2, -0.15) is 0 Å². The molecule has 0 radical (unpaired) electrons. The molecule has 1 aliphatic heterocycles. The zero-order valence-corrected chi connectivity index (χ0v) is 11.8. The highest BCUT2D eigenvalue weighted by Gasteiger charge is 2.28. The van der Waals surface area contributed by atoms with E-state index in [2.05, 4.69) is 54.3 Å². The van der Waals surface area contributed by atoms with Crippen molar-refractivity contribution in [3.8, 4) is 11.1 Å². The van der Waals surface area contributed by atoms with Gasteiger partial charge in [-0.15, -0.1) is 0 Å². The third-order valence-electron chi connectivity index (χ3n) is 4.79. The lowest BCUT2D eigenvalue weighted by Crippen LogP contribution is -2.56. The largest absolute Gasteiger partial charge is 0.325 e. The van der Waals surface area contributed by atoms with E-state index in [0.29, 0.717) is 12.1 Å². The van der Waals surface area contributed by atoms with Crippen LogP contribution in [0.5, 0.6) is 0 Å². The Hall–Kier alpha value is -1.64. The summed E-state index contributed by atoms with van der Waals surface area (Å²) in [6.07, 6.45) is 1.07. The number of hydrogen-bond donors (Lipinski definition) is 1. The first-order chi connectivity index (χ1) is 9.72. The van der Waals surface area contributed by atoms with Crippen LogP contribution in [0.4, 0.5) is 0 Å². The van der Waals surface area contributed by atoms with Crippen LogP contribution in [0, 0.1) is 0 Å². The Morgan fingerprint density at radius 1 is 1.05 bits per heavy atom. The highest BCUT2D eigenvalue weighted by atomic mass is 15.2. The first-order valence-corrected chi connectivity index (χ1v) is 7.43. The third kappa shape index (κ3) is 1.80.